The zero-order valence-corrected chi connectivity index (χ0v) is 18.6. The highest BCUT2D eigenvalue weighted by Gasteiger charge is 2.01. The van der Waals surface area contributed by atoms with E-state index in [-0.39, 0.29) is 24.0 Å². The van der Waals surface area contributed by atoms with Crippen molar-refractivity contribution in [3.05, 3.63) is 40.3 Å². The van der Waals surface area contributed by atoms with Crippen LogP contribution in [-0.4, -0.2) is 37.7 Å². The van der Waals surface area contributed by atoms with E-state index in [9.17, 15) is 0 Å². The van der Waals surface area contributed by atoms with Crippen LogP contribution in [-0.2, 0) is 6.54 Å². The van der Waals surface area contributed by atoms with Crippen molar-refractivity contribution in [2.45, 2.75) is 26.8 Å². The number of aromatic nitrogens is 1. The number of aliphatic imine (C=N–C) groups is 1. The number of thiazole rings is 1. The van der Waals surface area contributed by atoms with Gasteiger partial charge in [0.15, 0.2) is 5.96 Å². The molecule has 0 aliphatic heterocycles. The molecule has 6 nitrogen and oxygen atoms in total. The number of methoxy groups -OCH3 is 1. The molecule has 1 aromatic heterocycles. The van der Waals surface area contributed by atoms with Crippen LogP contribution in [0.3, 0.4) is 0 Å². The number of benzene rings is 1. The van der Waals surface area contributed by atoms with Gasteiger partial charge in [0.2, 0.25) is 0 Å². The summed E-state index contributed by atoms with van der Waals surface area (Å²) in [7, 11) is 1.65. The van der Waals surface area contributed by atoms with Crippen molar-refractivity contribution >= 4 is 41.3 Å². The normalized spacial score (nSPS) is 10.8. The maximum absolute atomic E-state index is 5.72. The van der Waals surface area contributed by atoms with Crippen LogP contribution < -0.4 is 20.1 Å². The number of nitrogens with zero attached hydrogens (tertiary/aromatic N) is 2. The Morgan fingerprint density at radius 2 is 1.92 bits per heavy atom. The van der Waals surface area contributed by atoms with Crippen LogP contribution in [0.4, 0.5) is 0 Å². The van der Waals surface area contributed by atoms with Gasteiger partial charge in [0.1, 0.15) is 16.5 Å². The third-order valence-electron chi connectivity index (χ3n) is 3.33. The lowest BCUT2D eigenvalue weighted by atomic mass is 10.3. The number of hydrogen-bond donors (Lipinski definition) is 2. The van der Waals surface area contributed by atoms with E-state index in [0.717, 1.165) is 42.0 Å². The molecule has 1 aromatic carbocycles. The number of guanidine groups is 1. The summed E-state index contributed by atoms with van der Waals surface area (Å²) in [4.78, 5) is 10.1. The maximum Gasteiger partial charge on any atom is 0.191 e. The molecular formula is C18H27IN4O2S. The molecule has 1 heterocycles. The van der Waals surface area contributed by atoms with Crippen molar-refractivity contribution in [1.29, 1.82) is 0 Å². The Balaban J connectivity index is 0.00000338. The summed E-state index contributed by atoms with van der Waals surface area (Å²) in [6.07, 6.45) is 2.76. The number of halogens is 1. The highest BCUT2D eigenvalue weighted by atomic mass is 127. The predicted octanol–water partition coefficient (Wildman–Crippen LogP) is 3.60. The Hall–Kier alpha value is -1.55. The average molecular weight is 490 g/mol. The number of ether oxygens (including phenoxy) is 2. The van der Waals surface area contributed by atoms with Crippen molar-refractivity contribution in [2.24, 2.45) is 4.99 Å². The Kier molecular flexibility index (Phi) is 11.0. The molecule has 0 saturated heterocycles. The lowest BCUT2D eigenvalue weighted by Crippen LogP contribution is -2.38. The molecule has 0 aliphatic carbocycles. The molecule has 144 valence electrons. The zero-order valence-electron chi connectivity index (χ0n) is 15.4. The number of aryl methyl sites for hydroxylation is 1. The molecule has 0 bridgehead atoms. The third kappa shape index (κ3) is 8.22. The van der Waals surface area contributed by atoms with Gasteiger partial charge in [-0.05, 0) is 44.5 Å². The summed E-state index contributed by atoms with van der Waals surface area (Å²) in [5, 5.41) is 7.59. The van der Waals surface area contributed by atoms with Gasteiger partial charge in [-0.2, -0.15) is 0 Å². The van der Waals surface area contributed by atoms with E-state index in [0.29, 0.717) is 13.2 Å². The molecule has 2 aromatic rings. The first-order valence-corrected chi connectivity index (χ1v) is 9.23. The predicted molar refractivity (Wildman–Crippen MR) is 118 cm³/mol. The van der Waals surface area contributed by atoms with E-state index < -0.39 is 0 Å². The molecule has 8 heteroatoms. The van der Waals surface area contributed by atoms with Crippen molar-refractivity contribution in [3.63, 3.8) is 0 Å². The second kappa shape index (κ2) is 12.7. The summed E-state index contributed by atoms with van der Waals surface area (Å²) >= 11 is 1.68. The smallest absolute Gasteiger partial charge is 0.191 e. The second-order valence-corrected chi connectivity index (χ2v) is 6.68. The fourth-order valence-corrected chi connectivity index (χ4v) is 2.82. The molecule has 2 rings (SSSR count). The van der Waals surface area contributed by atoms with Gasteiger partial charge in [0.05, 0.1) is 20.3 Å². The molecular weight excluding hydrogens is 463 g/mol. The van der Waals surface area contributed by atoms with Gasteiger partial charge in [-0.3, -0.25) is 0 Å². The minimum atomic E-state index is 0. The molecule has 0 amide bonds. The molecule has 0 saturated carbocycles. The van der Waals surface area contributed by atoms with Gasteiger partial charge in [-0.1, -0.05) is 0 Å². The molecule has 26 heavy (non-hydrogen) atoms. The Labute approximate surface area is 176 Å². The van der Waals surface area contributed by atoms with Gasteiger partial charge in [-0.15, -0.1) is 35.3 Å². The van der Waals surface area contributed by atoms with Crippen molar-refractivity contribution in [1.82, 2.24) is 15.6 Å². The van der Waals surface area contributed by atoms with Crippen LogP contribution in [0.1, 0.15) is 23.2 Å². The van der Waals surface area contributed by atoms with Crippen LogP contribution >= 0.6 is 35.3 Å². The van der Waals surface area contributed by atoms with Crippen LogP contribution in [0.15, 0.2) is 35.5 Å². The standard InChI is InChI=1S/C18H26N4O2S.HI/c1-4-19-18(22-13-17-21-12-14(2)25-17)20-10-5-11-24-16-8-6-15(23-3)7-9-16;/h6-9,12H,4-5,10-11,13H2,1-3H3,(H2,19,20,22);1H. The summed E-state index contributed by atoms with van der Waals surface area (Å²) in [6.45, 7) is 6.96. The summed E-state index contributed by atoms with van der Waals surface area (Å²) < 4.78 is 10.8. The Bertz CT molecular complexity index is 661. The van der Waals surface area contributed by atoms with Gasteiger partial charge in [0.25, 0.3) is 0 Å². The van der Waals surface area contributed by atoms with Crippen molar-refractivity contribution in [2.75, 3.05) is 26.8 Å². The summed E-state index contributed by atoms with van der Waals surface area (Å²) in [6, 6.07) is 7.61. The first-order chi connectivity index (χ1) is 12.2. The van der Waals surface area contributed by atoms with E-state index in [1.54, 1.807) is 18.4 Å². The van der Waals surface area contributed by atoms with Gasteiger partial charge in [-0.25, -0.2) is 9.98 Å². The molecule has 0 spiro atoms. The van der Waals surface area contributed by atoms with Gasteiger partial charge < -0.3 is 20.1 Å². The lowest BCUT2D eigenvalue weighted by molar-refractivity contribution is 0.310. The van der Waals surface area contributed by atoms with E-state index in [1.807, 2.05) is 30.5 Å². The molecule has 2 N–H and O–H groups in total. The lowest BCUT2D eigenvalue weighted by Gasteiger charge is -2.11. The number of rotatable bonds is 9. The van der Waals surface area contributed by atoms with E-state index in [4.69, 9.17) is 9.47 Å². The maximum atomic E-state index is 5.72. The molecule has 0 fully saturated rings. The minimum Gasteiger partial charge on any atom is -0.497 e. The Morgan fingerprint density at radius 1 is 1.19 bits per heavy atom. The highest BCUT2D eigenvalue weighted by molar-refractivity contribution is 14.0. The van der Waals surface area contributed by atoms with Gasteiger partial charge in [0, 0.05) is 24.2 Å². The molecule has 0 radical (unpaired) electrons. The topological polar surface area (TPSA) is 67.8 Å². The molecule has 0 aliphatic rings. The van der Waals surface area contributed by atoms with Crippen LogP contribution in [0, 0.1) is 6.92 Å². The largest absolute Gasteiger partial charge is 0.497 e. The average Bonchev–Trinajstić information content (AvgIpc) is 3.05. The monoisotopic (exact) mass is 490 g/mol. The first kappa shape index (κ1) is 22.5. The summed E-state index contributed by atoms with van der Waals surface area (Å²) in [5.74, 6) is 2.48. The van der Waals surface area contributed by atoms with E-state index in [1.165, 1.54) is 4.88 Å². The SMILES string of the molecule is CCNC(=NCc1ncc(C)s1)NCCCOc1ccc(OC)cc1.I. The summed E-state index contributed by atoms with van der Waals surface area (Å²) in [5.41, 5.74) is 0. The van der Waals surface area contributed by atoms with Gasteiger partial charge >= 0.3 is 0 Å². The number of nitrogens with one attached hydrogen (secondary N) is 2. The van der Waals surface area contributed by atoms with E-state index in [2.05, 4.69) is 34.5 Å². The van der Waals surface area contributed by atoms with Crippen molar-refractivity contribution < 1.29 is 9.47 Å². The Morgan fingerprint density at radius 3 is 2.54 bits per heavy atom. The minimum absolute atomic E-state index is 0. The third-order valence-corrected chi connectivity index (χ3v) is 4.23. The molecule has 0 unspecified atom stereocenters. The zero-order chi connectivity index (χ0) is 17.9. The van der Waals surface area contributed by atoms with Crippen LogP contribution in [0.5, 0.6) is 11.5 Å². The van der Waals surface area contributed by atoms with E-state index >= 15 is 0 Å². The quantitative estimate of drug-likeness (QED) is 0.243. The second-order valence-electron chi connectivity index (χ2n) is 5.36. The van der Waals surface area contributed by atoms with Crippen LogP contribution in [0.25, 0.3) is 0 Å². The fraction of sp³-hybridized carbons (Fsp3) is 0.444. The van der Waals surface area contributed by atoms with Crippen molar-refractivity contribution in [3.8, 4) is 11.5 Å². The highest BCUT2D eigenvalue weighted by Crippen LogP contribution is 2.17. The number of hydrogen-bond acceptors (Lipinski definition) is 5. The first-order valence-electron chi connectivity index (χ1n) is 8.41. The fourth-order valence-electron chi connectivity index (χ4n) is 2.10. The molecule has 0 atom stereocenters. The van der Waals surface area contributed by atoms with Crippen LogP contribution in [0.2, 0.25) is 0 Å².